The Hall–Kier alpha value is -7.16. The normalized spacial score (nSPS) is 12.1. The molecule has 0 unspecified atom stereocenters. The summed E-state index contributed by atoms with van der Waals surface area (Å²) < 4.78 is 4.99. The Morgan fingerprint density at radius 3 is 1.61 bits per heavy atom. The summed E-state index contributed by atoms with van der Waals surface area (Å²) in [6.07, 6.45) is 0. The van der Waals surface area contributed by atoms with Gasteiger partial charge in [0.25, 0.3) is 0 Å². The number of aromatic nitrogens is 2. The first-order valence-corrected chi connectivity index (χ1v) is 18.7. The highest BCUT2D eigenvalue weighted by Gasteiger charge is 2.29. The van der Waals surface area contributed by atoms with E-state index in [1.807, 2.05) is 0 Å². The highest BCUT2D eigenvalue weighted by Crippen LogP contribution is 2.53. The highest BCUT2D eigenvalue weighted by atomic mass is 15.0. The number of rotatable bonds is 4. The molecule has 2 heterocycles. The number of hydrogen-bond acceptors (Lipinski definition) is 0. The zero-order valence-electron chi connectivity index (χ0n) is 29.4. The lowest BCUT2D eigenvalue weighted by atomic mass is 9.91. The van der Waals surface area contributed by atoms with Gasteiger partial charge in [-0.1, -0.05) is 152 Å². The number of fused-ring (bicyclic) bond motifs is 6. The van der Waals surface area contributed by atoms with Crippen molar-refractivity contribution in [2.24, 2.45) is 0 Å². The van der Waals surface area contributed by atoms with Crippen LogP contribution in [-0.4, -0.2) is 9.13 Å². The van der Waals surface area contributed by atoms with Crippen LogP contribution in [0.1, 0.15) is 0 Å². The van der Waals surface area contributed by atoms with Crippen LogP contribution in [0.5, 0.6) is 0 Å². The fourth-order valence-electron chi connectivity index (χ4n) is 9.46. The van der Waals surface area contributed by atoms with Crippen LogP contribution in [-0.2, 0) is 0 Å². The molecule has 54 heavy (non-hydrogen) atoms. The van der Waals surface area contributed by atoms with Crippen molar-refractivity contribution in [3.05, 3.63) is 194 Å². The van der Waals surface area contributed by atoms with Crippen LogP contribution in [0.2, 0.25) is 0 Å². The summed E-state index contributed by atoms with van der Waals surface area (Å²) in [5.74, 6) is 0. The van der Waals surface area contributed by atoms with Gasteiger partial charge in [0.15, 0.2) is 0 Å². The number of hydrogen-bond donors (Lipinski definition) is 0. The van der Waals surface area contributed by atoms with Gasteiger partial charge in [0.1, 0.15) is 0 Å². The monoisotopic (exact) mass is 684 g/mol. The third-order valence-electron chi connectivity index (χ3n) is 11.6. The summed E-state index contributed by atoms with van der Waals surface area (Å²) in [6.45, 7) is 0. The summed E-state index contributed by atoms with van der Waals surface area (Å²) in [5, 5.41) is 7.75. The third kappa shape index (κ3) is 4.00. The molecule has 0 atom stereocenters. The van der Waals surface area contributed by atoms with Crippen molar-refractivity contribution in [2.45, 2.75) is 0 Å². The molecule has 0 fully saturated rings. The fourth-order valence-corrected chi connectivity index (χ4v) is 9.46. The summed E-state index contributed by atoms with van der Waals surface area (Å²) in [5.41, 5.74) is 17.1. The van der Waals surface area contributed by atoms with Crippen LogP contribution in [0.3, 0.4) is 0 Å². The molecule has 0 amide bonds. The average molecular weight is 685 g/mol. The van der Waals surface area contributed by atoms with Gasteiger partial charge in [0.05, 0.1) is 22.1 Å². The smallest absolute Gasteiger partial charge is 0.0568 e. The lowest BCUT2D eigenvalue weighted by Gasteiger charge is -2.17. The molecule has 0 saturated carbocycles. The predicted octanol–water partition coefficient (Wildman–Crippen LogP) is 14.0. The van der Waals surface area contributed by atoms with E-state index >= 15 is 0 Å². The van der Waals surface area contributed by atoms with Gasteiger partial charge in [0.2, 0.25) is 0 Å². The molecule has 0 N–H and O–H groups in total. The van der Waals surface area contributed by atoms with Crippen molar-refractivity contribution in [3.8, 4) is 55.9 Å². The second kappa shape index (κ2) is 11.2. The Kier molecular flexibility index (Phi) is 6.09. The van der Waals surface area contributed by atoms with Gasteiger partial charge in [-0.15, -0.1) is 0 Å². The van der Waals surface area contributed by atoms with Crippen LogP contribution in [0.4, 0.5) is 0 Å². The first-order chi connectivity index (χ1) is 26.8. The number of nitrogens with zero attached hydrogens (tertiary/aromatic N) is 2. The maximum absolute atomic E-state index is 2.53. The molecule has 0 bridgehead atoms. The lowest BCUT2D eigenvalue weighted by molar-refractivity contribution is 1.16. The van der Waals surface area contributed by atoms with E-state index in [4.69, 9.17) is 0 Å². The van der Waals surface area contributed by atoms with E-state index in [9.17, 15) is 0 Å². The Labute approximate surface area is 312 Å². The van der Waals surface area contributed by atoms with Crippen LogP contribution >= 0.6 is 0 Å². The van der Waals surface area contributed by atoms with Gasteiger partial charge in [-0.05, 0) is 92.2 Å². The lowest BCUT2D eigenvalue weighted by Crippen LogP contribution is -1.98. The number of para-hydroxylation sites is 2. The topological polar surface area (TPSA) is 9.86 Å². The van der Waals surface area contributed by atoms with Crippen LogP contribution in [0.25, 0.3) is 110 Å². The summed E-state index contributed by atoms with van der Waals surface area (Å²) in [6, 6.07) is 71.4. The summed E-state index contributed by atoms with van der Waals surface area (Å²) in [7, 11) is 0. The molecule has 2 aromatic heterocycles. The molecule has 2 heteroatoms. The van der Waals surface area contributed by atoms with Crippen LogP contribution in [0.15, 0.2) is 194 Å². The minimum Gasteiger partial charge on any atom is -0.309 e. The fraction of sp³-hybridized carbons (Fsp3) is 0. The first-order valence-electron chi connectivity index (χ1n) is 18.7. The maximum atomic E-state index is 2.53. The maximum Gasteiger partial charge on any atom is 0.0568 e. The van der Waals surface area contributed by atoms with E-state index < -0.39 is 0 Å². The molecule has 12 rings (SSSR count). The molecular weight excluding hydrogens is 653 g/mol. The molecule has 250 valence electrons. The largest absolute Gasteiger partial charge is 0.309 e. The standard InChI is InChI=1S/C52H32N2/c1-4-15-33(16-5-1)38-30-29-37(31-43(38)34-17-6-2-7-18-34)54-45-28-14-25-40-39-24-12-19-35-20-13-26-42(48(35)39)51-50-41-23-10-11-27-44(41)53(36-21-8-3-9-22-36)46(50)32-47(54)52(51)49(40)45/h1-32H. The van der Waals surface area contributed by atoms with Gasteiger partial charge in [-0.3, -0.25) is 0 Å². The molecule has 9 aromatic carbocycles. The van der Waals surface area contributed by atoms with Gasteiger partial charge in [-0.2, -0.15) is 0 Å². The van der Waals surface area contributed by atoms with E-state index in [2.05, 4.69) is 203 Å². The van der Waals surface area contributed by atoms with Crippen LogP contribution in [0, 0.1) is 0 Å². The molecule has 11 aromatic rings. The molecule has 0 aliphatic heterocycles. The summed E-state index contributed by atoms with van der Waals surface area (Å²) >= 11 is 0. The Morgan fingerprint density at radius 2 is 0.852 bits per heavy atom. The summed E-state index contributed by atoms with van der Waals surface area (Å²) in [4.78, 5) is 0. The molecule has 1 aliphatic carbocycles. The van der Waals surface area contributed by atoms with Crippen molar-refractivity contribution in [1.29, 1.82) is 0 Å². The number of benzene rings is 9. The van der Waals surface area contributed by atoms with E-state index in [1.54, 1.807) is 0 Å². The van der Waals surface area contributed by atoms with Gasteiger partial charge in [0, 0.05) is 38.5 Å². The van der Waals surface area contributed by atoms with Crippen molar-refractivity contribution in [2.75, 3.05) is 0 Å². The van der Waals surface area contributed by atoms with Gasteiger partial charge < -0.3 is 9.13 Å². The van der Waals surface area contributed by atoms with E-state index in [1.165, 1.54) is 98.9 Å². The second-order valence-electron chi connectivity index (χ2n) is 14.4. The molecule has 0 radical (unpaired) electrons. The predicted molar refractivity (Wildman–Crippen MR) is 228 cm³/mol. The van der Waals surface area contributed by atoms with Gasteiger partial charge in [-0.25, -0.2) is 0 Å². The SMILES string of the molecule is c1ccc(-c2ccc(-n3c4cccc5c4c4c(c6c7ccccc7n(-c7ccccc7)c6cc43)-c3cccc4cccc-5c34)cc2-c2ccccc2)cc1. The minimum absolute atomic E-state index is 1.14. The average Bonchev–Trinajstić information content (AvgIpc) is 3.71. The van der Waals surface area contributed by atoms with Crippen molar-refractivity contribution in [3.63, 3.8) is 0 Å². The molecule has 0 saturated heterocycles. The molecule has 2 nitrogen and oxygen atoms in total. The molecule has 1 aliphatic rings. The van der Waals surface area contributed by atoms with Crippen molar-refractivity contribution in [1.82, 2.24) is 9.13 Å². The Balaban J connectivity index is 1.31. The zero-order valence-corrected chi connectivity index (χ0v) is 29.4. The van der Waals surface area contributed by atoms with Gasteiger partial charge >= 0.3 is 0 Å². The van der Waals surface area contributed by atoms with E-state index in [0.717, 1.165) is 11.4 Å². The second-order valence-corrected chi connectivity index (χ2v) is 14.4. The first kappa shape index (κ1) is 29.4. The van der Waals surface area contributed by atoms with Crippen molar-refractivity contribution < 1.29 is 0 Å². The zero-order chi connectivity index (χ0) is 35.3. The van der Waals surface area contributed by atoms with Crippen LogP contribution < -0.4 is 0 Å². The molecule has 0 spiro atoms. The minimum atomic E-state index is 1.14. The third-order valence-corrected chi connectivity index (χ3v) is 11.6. The van der Waals surface area contributed by atoms with Crippen molar-refractivity contribution >= 4 is 54.4 Å². The van der Waals surface area contributed by atoms with E-state index in [0.29, 0.717) is 0 Å². The Morgan fingerprint density at radius 1 is 0.278 bits per heavy atom. The highest BCUT2D eigenvalue weighted by molar-refractivity contribution is 6.34. The van der Waals surface area contributed by atoms with E-state index in [-0.39, 0.29) is 0 Å². The molecular formula is C52H32N2. The quantitative estimate of drug-likeness (QED) is 0.175. The Bertz CT molecular complexity index is 3290.